The van der Waals surface area contributed by atoms with E-state index in [1.165, 1.54) is 193 Å². The zero-order valence-corrected chi connectivity index (χ0v) is 41.8. The maximum atomic E-state index is 12.8. The highest BCUT2D eigenvalue weighted by Gasteiger charge is 2.19. The minimum Gasteiger partial charge on any atom is -0.462 e. The largest absolute Gasteiger partial charge is 0.462 e. The van der Waals surface area contributed by atoms with Crippen LogP contribution in [0.4, 0.5) is 0 Å². The van der Waals surface area contributed by atoms with E-state index in [0.717, 1.165) is 69.6 Å². The normalized spacial score (nSPS) is 12.0. The summed E-state index contributed by atoms with van der Waals surface area (Å²) in [6.45, 7) is 11.3. The molecule has 0 aliphatic carbocycles. The summed E-state index contributed by atoms with van der Waals surface area (Å²) >= 11 is 0. The molecule has 0 rings (SSSR count). The monoisotopic (exact) mass is 863 g/mol. The van der Waals surface area contributed by atoms with Crippen LogP contribution in [0.25, 0.3) is 0 Å². The van der Waals surface area contributed by atoms with Gasteiger partial charge in [-0.25, -0.2) is 0 Å². The first-order chi connectivity index (χ1) is 29.7. The van der Waals surface area contributed by atoms with Gasteiger partial charge in [0.05, 0.1) is 0 Å². The summed E-state index contributed by atoms with van der Waals surface area (Å²) in [5.74, 6) is 0.757. The molecule has 362 valence electrons. The molecule has 61 heavy (non-hydrogen) atoms. The molecule has 0 spiro atoms. The van der Waals surface area contributed by atoms with E-state index in [1.807, 2.05) is 0 Å². The Balaban J connectivity index is 4.24. The second-order valence-corrected chi connectivity index (χ2v) is 19.8. The minimum atomic E-state index is -0.762. The van der Waals surface area contributed by atoms with E-state index < -0.39 is 6.10 Å². The Morgan fingerprint density at radius 3 is 0.803 bits per heavy atom. The van der Waals surface area contributed by atoms with Crippen LogP contribution in [0.1, 0.15) is 304 Å². The van der Waals surface area contributed by atoms with E-state index in [0.29, 0.717) is 19.3 Å². The second-order valence-electron chi connectivity index (χ2n) is 19.8. The predicted octanol–water partition coefficient (Wildman–Crippen LogP) is 17.7. The van der Waals surface area contributed by atoms with Crippen LogP contribution in [-0.2, 0) is 28.6 Å². The minimum absolute atomic E-state index is 0.0640. The summed E-state index contributed by atoms with van der Waals surface area (Å²) < 4.78 is 16.8. The number of carbonyl (C=O) groups excluding carboxylic acids is 3. The van der Waals surface area contributed by atoms with Crippen LogP contribution >= 0.6 is 0 Å². The lowest BCUT2D eigenvalue weighted by molar-refractivity contribution is -0.167. The fourth-order valence-corrected chi connectivity index (χ4v) is 8.34. The van der Waals surface area contributed by atoms with E-state index in [1.54, 1.807) is 0 Å². The Labute approximate surface area is 380 Å². The standard InChI is InChI=1S/C55H106O6/c1-6-7-8-9-10-11-12-13-14-15-16-17-18-19-22-25-30-35-40-45-53(56)59-48-52(49-60-54(57)46-41-36-32-27-29-34-39-44-51(4)5)61-55(58)47-42-37-31-26-23-20-21-24-28-33-38-43-50(2)3/h50-52H,6-49H2,1-5H3/t52-/m0/s1. The molecule has 0 aliphatic rings. The van der Waals surface area contributed by atoms with Gasteiger partial charge in [-0.1, -0.05) is 266 Å². The number of unbranched alkanes of at least 4 members (excludes halogenated alkanes) is 34. The van der Waals surface area contributed by atoms with Crippen LogP contribution in [0.15, 0.2) is 0 Å². The lowest BCUT2D eigenvalue weighted by Gasteiger charge is -2.18. The number of ether oxygens (including phenoxy) is 3. The average molecular weight is 863 g/mol. The lowest BCUT2D eigenvalue weighted by Crippen LogP contribution is -2.30. The third-order valence-corrected chi connectivity index (χ3v) is 12.5. The summed E-state index contributed by atoms with van der Waals surface area (Å²) in [5.41, 5.74) is 0. The zero-order valence-electron chi connectivity index (χ0n) is 41.8. The molecule has 0 radical (unpaired) electrons. The van der Waals surface area contributed by atoms with Gasteiger partial charge in [-0.3, -0.25) is 14.4 Å². The van der Waals surface area contributed by atoms with Gasteiger partial charge in [-0.2, -0.15) is 0 Å². The second kappa shape index (κ2) is 47.9. The highest BCUT2D eigenvalue weighted by Crippen LogP contribution is 2.18. The van der Waals surface area contributed by atoms with E-state index in [-0.39, 0.29) is 31.1 Å². The smallest absolute Gasteiger partial charge is 0.306 e. The van der Waals surface area contributed by atoms with Crippen LogP contribution in [0, 0.1) is 11.8 Å². The molecule has 0 bridgehead atoms. The number of esters is 3. The van der Waals surface area contributed by atoms with Crippen LogP contribution in [0.5, 0.6) is 0 Å². The number of hydrogen-bond acceptors (Lipinski definition) is 6. The number of carbonyl (C=O) groups is 3. The molecule has 0 unspecified atom stereocenters. The van der Waals surface area contributed by atoms with Crippen LogP contribution in [0.2, 0.25) is 0 Å². The van der Waals surface area contributed by atoms with Crippen molar-refractivity contribution < 1.29 is 28.6 Å². The van der Waals surface area contributed by atoms with Crippen molar-refractivity contribution in [1.82, 2.24) is 0 Å². The third-order valence-electron chi connectivity index (χ3n) is 12.5. The first-order valence-electron chi connectivity index (χ1n) is 27.2. The molecule has 0 N–H and O–H groups in total. The Bertz CT molecular complexity index is 931. The summed E-state index contributed by atoms with van der Waals surface area (Å²) in [7, 11) is 0. The van der Waals surface area contributed by atoms with Gasteiger partial charge in [0, 0.05) is 19.3 Å². The van der Waals surface area contributed by atoms with Crippen molar-refractivity contribution in [2.75, 3.05) is 13.2 Å². The Hall–Kier alpha value is -1.59. The summed E-state index contributed by atoms with van der Waals surface area (Å²) in [6, 6.07) is 0. The fourth-order valence-electron chi connectivity index (χ4n) is 8.34. The number of hydrogen-bond donors (Lipinski definition) is 0. The Kier molecular flexibility index (Phi) is 46.6. The molecule has 0 saturated heterocycles. The van der Waals surface area contributed by atoms with Crippen LogP contribution < -0.4 is 0 Å². The van der Waals surface area contributed by atoms with E-state index in [2.05, 4.69) is 34.6 Å². The van der Waals surface area contributed by atoms with Gasteiger partial charge in [0.2, 0.25) is 0 Å². The summed E-state index contributed by atoms with van der Waals surface area (Å²) in [5, 5.41) is 0. The van der Waals surface area contributed by atoms with Crippen molar-refractivity contribution in [3.8, 4) is 0 Å². The van der Waals surface area contributed by atoms with Gasteiger partial charge >= 0.3 is 17.9 Å². The maximum absolute atomic E-state index is 12.8. The van der Waals surface area contributed by atoms with Crippen molar-refractivity contribution in [2.45, 2.75) is 310 Å². The highest BCUT2D eigenvalue weighted by atomic mass is 16.6. The van der Waals surface area contributed by atoms with E-state index >= 15 is 0 Å². The molecular formula is C55H106O6. The van der Waals surface area contributed by atoms with Gasteiger partial charge in [0.25, 0.3) is 0 Å². The van der Waals surface area contributed by atoms with Gasteiger partial charge < -0.3 is 14.2 Å². The van der Waals surface area contributed by atoms with Crippen LogP contribution in [0.3, 0.4) is 0 Å². The fraction of sp³-hybridized carbons (Fsp3) is 0.945. The van der Waals surface area contributed by atoms with Gasteiger partial charge in [0.15, 0.2) is 6.10 Å². The maximum Gasteiger partial charge on any atom is 0.306 e. The molecule has 0 heterocycles. The Morgan fingerprint density at radius 2 is 0.541 bits per heavy atom. The molecule has 0 fully saturated rings. The molecule has 0 aromatic carbocycles. The molecule has 6 heteroatoms. The quantitative estimate of drug-likeness (QED) is 0.0344. The van der Waals surface area contributed by atoms with Crippen molar-refractivity contribution in [1.29, 1.82) is 0 Å². The molecular weight excluding hydrogens is 757 g/mol. The third kappa shape index (κ3) is 49.3. The molecule has 0 saturated carbocycles. The zero-order chi connectivity index (χ0) is 44.7. The van der Waals surface area contributed by atoms with Crippen molar-refractivity contribution in [2.24, 2.45) is 11.8 Å². The van der Waals surface area contributed by atoms with Crippen molar-refractivity contribution in [3.63, 3.8) is 0 Å². The molecule has 0 aromatic heterocycles. The average Bonchev–Trinajstić information content (AvgIpc) is 3.23. The summed E-state index contributed by atoms with van der Waals surface area (Å²) in [4.78, 5) is 38.0. The first kappa shape index (κ1) is 59.4. The topological polar surface area (TPSA) is 78.9 Å². The molecule has 0 aliphatic heterocycles. The van der Waals surface area contributed by atoms with Crippen molar-refractivity contribution >= 4 is 17.9 Å². The molecule has 0 aromatic rings. The van der Waals surface area contributed by atoms with Gasteiger partial charge in [-0.05, 0) is 31.1 Å². The highest BCUT2D eigenvalue weighted by molar-refractivity contribution is 5.71. The van der Waals surface area contributed by atoms with Gasteiger partial charge in [-0.15, -0.1) is 0 Å². The Morgan fingerprint density at radius 1 is 0.311 bits per heavy atom. The van der Waals surface area contributed by atoms with Gasteiger partial charge in [0.1, 0.15) is 13.2 Å². The summed E-state index contributed by atoms with van der Waals surface area (Å²) in [6.07, 6.45) is 49.6. The lowest BCUT2D eigenvalue weighted by atomic mass is 10.0. The van der Waals surface area contributed by atoms with Crippen molar-refractivity contribution in [3.05, 3.63) is 0 Å². The molecule has 6 nitrogen and oxygen atoms in total. The first-order valence-corrected chi connectivity index (χ1v) is 27.2. The van der Waals surface area contributed by atoms with E-state index in [9.17, 15) is 14.4 Å². The molecule has 1 atom stereocenters. The van der Waals surface area contributed by atoms with Crippen LogP contribution in [-0.4, -0.2) is 37.2 Å². The SMILES string of the molecule is CCCCCCCCCCCCCCCCCCCCCC(=O)OC[C@@H](COC(=O)CCCCCCCCCC(C)C)OC(=O)CCCCCCCCCCCCCC(C)C. The number of rotatable bonds is 49. The van der Waals surface area contributed by atoms with E-state index in [4.69, 9.17) is 14.2 Å². The predicted molar refractivity (Wildman–Crippen MR) is 261 cm³/mol. The molecule has 0 amide bonds.